The second kappa shape index (κ2) is 6.88. The van der Waals surface area contributed by atoms with Gasteiger partial charge < -0.3 is 4.43 Å². The first kappa shape index (κ1) is 18.1. The zero-order chi connectivity index (χ0) is 16.3. The summed E-state index contributed by atoms with van der Waals surface area (Å²) in [6.07, 6.45) is 0. The number of halogens is 2. The molecule has 0 aromatic heterocycles. The van der Waals surface area contributed by atoms with Gasteiger partial charge in [0.15, 0.2) is 8.32 Å². The van der Waals surface area contributed by atoms with E-state index < -0.39 is 26.0 Å². The quantitative estimate of drug-likeness (QED) is 0.424. The Morgan fingerprint density at radius 2 is 1.95 bits per heavy atom. The molecular weight excluding hydrogens is 308 g/mol. The molecule has 1 atom stereocenters. The van der Waals surface area contributed by atoms with Gasteiger partial charge in [-0.15, -0.1) is 0 Å². The molecular formula is C15H21F2NOSSi. The van der Waals surface area contributed by atoms with Crippen molar-refractivity contribution in [3.05, 3.63) is 35.4 Å². The molecule has 0 heterocycles. The molecule has 0 fully saturated rings. The molecule has 0 saturated carbocycles. The Balaban J connectivity index is 2.97. The minimum Gasteiger partial charge on any atom is -0.414 e. The molecule has 1 aromatic carbocycles. The van der Waals surface area contributed by atoms with Gasteiger partial charge in [-0.2, -0.15) is 0 Å². The highest BCUT2D eigenvalue weighted by Crippen LogP contribution is 2.37. The molecule has 2 nitrogen and oxygen atoms in total. The fraction of sp³-hybridized carbons (Fsp3) is 0.533. The molecule has 0 radical (unpaired) electrons. The fourth-order valence-electron chi connectivity index (χ4n) is 1.54. The van der Waals surface area contributed by atoms with Crippen LogP contribution in [-0.2, 0) is 4.43 Å². The standard InChI is InChI=1S/C15H21F2NOSSi/c1-15(2,3)21(4,5)19-9-14(18-10-20)12-7-6-11(16)8-13(12)17/h6-8,14H,9H2,1-5H3. The lowest BCUT2D eigenvalue weighted by Crippen LogP contribution is -2.41. The van der Waals surface area contributed by atoms with E-state index in [1.54, 1.807) is 0 Å². The SMILES string of the molecule is CC(C)(C)[Si](C)(C)OCC(N=C=S)c1ccc(F)cc1F. The van der Waals surface area contributed by atoms with Crippen LogP contribution in [0.15, 0.2) is 23.2 Å². The topological polar surface area (TPSA) is 21.6 Å². The summed E-state index contributed by atoms with van der Waals surface area (Å²) in [5.74, 6) is -1.26. The second-order valence-electron chi connectivity index (χ2n) is 6.47. The van der Waals surface area contributed by atoms with E-state index in [1.165, 1.54) is 12.1 Å². The van der Waals surface area contributed by atoms with Crippen molar-refractivity contribution in [2.45, 2.75) is 44.9 Å². The molecule has 0 bridgehead atoms. The van der Waals surface area contributed by atoms with Crippen LogP contribution in [-0.4, -0.2) is 20.1 Å². The molecule has 0 aliphatic heterocycles. The van der Waals surface area contributed by atoms with Gasteiger partial charge in [0.2, 0.25) is 0 Å². The summed E-state index contributed by atoms with van der Waals surface area (Å²) < 4.78 is 32.9. The molecule has 21 heavy (non-hydrogen) atoms. The van der Waals surface area contributed by atoms with E-state index in [-0.39, 0.29) is 17.2 Å². The molecule has 1 unspecified atom stereocenters. The van der Waals surface area contributed by atoms with E-state index in [4.69, 9.17) is 4.43 Å². The van der Waals surface area contributed by atoms with Crippen LogP contribution >= 0.6 is 12.2 Å². The zero-order valence-electron chi connectivity index (χ0n) is 13.0. The van der Waals surface area contributed by atoms with Crippen LogP contribution in [0.5, 0.6) is 0 Å². The van der Waals surface area contributed by atoms with Gasteiger partial charge in [0.25, 0.3) is 0 Å². The van der Waals surface area contributed by atoms with Gasteiger partial charge >= 0.3 is 0 Å². The van der Waals surface area contributed by atoms with Gasteiger partial charge in [0, 0.05) is 11.6 Å². The Kier molecular flexibility index (Phi) is 5.93. The van der Waals surface area contributed by atoms with Gasteiger partial charge in [-0.25, -0.2) is 13.8 Å². The molecule has 1 aromatic rings. The average molecular weight is 329 g/mol. The molecule has 0 N–H and O–H groups in total. The molecule has 6 heteroatoms. The Bertz CT molecular complexity index is 551. The van der Waals surface area contributed by atoms with Crippen LogP contribution in [0.25, 0.3) is 0 Å². The number of hydrogen-bond donors (Lipinski definition) is 0. The van der Waals surface area contributed by atoms with Gasteiger partial charge in [0.1, 0.15) is 17.7 Å². The van der Waals surface area contributed by atoms with Crippen molar-refractivity contribution >= 4 is 25.7 Å². The Morgan fingerprint density at radius 3 is 2.43 bits per heavy atom. The Morgan fingerprint density at radius 1 is 1.33 bits per heavy atom. The Hall–Kier alpha value is -0.943. The van der Waals surface area contributed by atoms with Crippen molar-refractivity contribution < 1.29 is 13.2 Å². The van der Waals surface area contributed by atoms with Crippen LogP contribution in [0.3, 0.4) is 0 Å². The number of isothiocyanates is 1. The third-order valence-electron chi connectivity index (χ3n) is 3.94. The van der Waals surface area contributed by atoms with Gasteiger partial charge in [-0.3, -0.25) is 0 Å². The maximum Gasteiger partial charge on any atom is 0.192 e. The van der Waals surface area contributed by atoms with Crippen LogP contribution < -0.4 is 0 Å². The smallest absolute Gasteiger partial charge is 0.192 e. The summed E-state index contributed by atoms with van der Waals surface area (Å²) in [5, 5.41) is 2.31. The lowest BCUT2D eigenvalue weighted by atomic mass is 10.1. The highest BCUT2D eigenvalue weighted by atomic mass is 32.1. The molecule has 0 aliphatic rings. The number of nitrogens with zero attached hydrogens (tertiary/aromatic N) is 1. The van der Waals surface area contributed by atoms with E-state index in [2.05, 4.69) is 56.2 Å². The van der Waals surface area contributed by atoms with Crippen molar-refractivity contribution in [1.29, 1.82) is 0 Å². The van der Waals surface area contributed by atoms with Gasteiger partial charge in [0.05, 0.1) is 11.8 Å². The summed E-state index contributed by atoms with van der Waals surface area (Å²) in [4.78, 5) is 3.97. The monoisotopic (exact) mass is 329 g/mol. The number of benzene rings is 1. The van der Waals surface area contributed by atoms with Crippen LogP contribution in [0.1, 0.15) is 32.4 Å². The van der Waals surface area contributed by atoms with Crippen molar-refractivity contribution in [2.75, 3.05) is 6.61 Å². The highest BCUT2D eigenvalue weighted by Gasteiger charge is 2.37. The number of hydrogen-bond acceptors (Lipinski definition) is 3. The summed E-state index contributed by atoms with van der Waals surface area (Å²) in [6, 6.07) is 2.82. The maximum atomic E-state index is 13.9. The van der Waals surface area contributed by atoms with Crippen molar-refractivity contribution in [1.82, 2.24) is 0 Å². The van der Waals surface area contributed by atoms with E-state index in [0.29, 0.717) is 0 Å². The van der Waals surface area contributed by atoms with Gasteiger partial charge in [-0.1, -0.05) is 26.8 Å². The van der Waals surface area contributed by atoms with E-state index in [0.717, 1.165) is 6.07 Å². The summed E-state index contributed by atoms with van der Waals surface area (Å²) in [6.45, 7) is 10.8. The molecule has 0 saturated heterocycles. The summed E-state index contributed by atoms with van der Waals surface area (Å²) in [5.41, 5.74) is 0.271. The van der Waals surface area contributed by atoms with Crippen molar-refractivity contribution in [3.8, 4) is 0 Å². The van der Waals surface area contributed by atoms with Crippen LogP contribution in [0.2, 0.25) is 18.1 Å². The summed E-state index contributed by atoms with van der Waals surface area (Å²) in [7, 11) is -1.98. The minimum absolute atomic E-state index is 0.0419. The first-order chi connectivity index (χ1) is 9.58. The lowest BCUT2D eigenvalue weighted by Gasteiger charge is -2.36. The molecule has 1 rings (SSSR count). The van der Waals surface area contributed by atoms with Gasteiger partial charge in [-0.05, 0) is 36.4 Å². The zero-order valence-corrected chi connectivity index (χ0v) is 14.9. The van der Waals surface area contributed by atoms with Crippen LogP contribution in [0.4, 0.5) is 8.78 Å². The lowest BCUT2D eigenvalue weighted by molar-refractivity contribution is 0.263. The summed E-state index contributed by atoms with van der Waals surface area (Å²) >= 11 is 4.62. The normalized spacial score (nSPS) is 13.7. The third kappa shape index (κ3) is 4.78. The van der Waals surface area contributed by atoms with E-state index >= 15 is 0 Å². The average Bonchev–Trinajstić information content (AvgIpc) is 2.33. The van der Waals surface area contributed by atoms with Crippen LogP contribution in [0, 0.1) is 11.6 Å². The Labute approximate surface area is 131 Å². The number of rotatable bonds is 5. The third-order valence-corrected chi connectivity index (χ3v) is 8.54. The number of thiocarbonyl (C=S) groups is 1. The molecule has 0 spiro atoms. The highest BCUT2D eigenvalue weighted by molar-refractivity contribution is 7.78. The minimum atomic E-state index is -1.98. The number of aliphatic imine (C=N–C) groups is 1. The first-order valence-electron chi connectivity index (χ1n) is 6.74. The predicted molar refractivity (Wildman–Crippen MR) is 87.3 cm³/mol. The van der Waals surface area contributed by atoms with Crippen molar-refractivity contribution in [3.63, 3.8) is 0 Å². The van der Waals surface area contributed by atoms with Crippen molar-refractivity contribution in [2.24, 2.45) is 4.99 Å². The molecule has 116 valence electrons. The fourth-order valence-corrected chi connectivity index (χ4v) is 2.67. The van der Waals surface area contributed by atoms with E-state index in [9.17, 15) is 8.78 Å². The van der Waals surface area contributed by atoms with E-state index in [1.807, 2.05) is 0 Å². The first-order valence-corrected chi connectivity index (χ1v) is 10.1. The molecule has 0 amide bonds. The maximum absolute atomic E-state index is 13.9. The second-order valence-corrected chi connectivity index (χ2v) is 11.5. The predicted octanol–water partition coefficient (Wildman–Crippen LogP) is 5.13. The molecule has 0 aliphatic carbocycles. The largest absolute Gasteiger partial charge is 0.414 e.